The lowest BCUT2D eigenvalue weighted by Crippen LogP contribution is -2.19. The summed E-state index contributed by atoms with van der Waals surface area (Å²) in [5.41, 5.74) is 0.695. The number of carbonyl (C=O) groups is 1. The maximum atomic E-state index is 11.3. The van der Waals surface area contributed by atoms with Crippen molar-refractivity contribution in [2.24, 2.45) is 0 Å². The van der Waals surface area contributed by atoms with E-state index < -0.39 is 0 Å². The number of rotatable bonds is 7. The number of unbranched alkanes of at least 4 members (excludes halogenated alkanes) is 4. The van der Waals surface area contributed by atoms with Crippen LogP contribution in [0.4, 0.5) is 0 Å². The molecule has 0 spiro atoms. The highest BCUT2D eigenvalue weighted by atomic mass is 16.7. The van der Waals surface area contributed by atoms with Crippen molar-refractivity contribution in [1.82, 2.24) is 5.06 Å². The van der Waals surface area contributed by atoms with Crippen molar-refractivity contribution in [3.63, 3.8) is 0 Å². The quantitative estimate of drug-likeness (QED) is 0.370. The molecule has 0 N–H and O–H groups in total. The van der Waals surface area contributed by atoms with Gasteiger partial charge in [0, 0.05) is 19.7 Å². The second-order valence-electron chi connectivity index (χ2n) is 3.93. The molecule has 0 aromatic carbocycles. The summed E-state index contributed by atoms with van der Waals surface area (Å²) >= 11 is 0. The Morgan fingerprint density at radius 1 is 1.27 bits per heavy atom. The van der Waals surface area contributed by atoms with Crippen molar-refractivity contribution >= 4 is 5.97 Å². The highest BCUT2D eigenvalue weighted by Crippen LogP contribution is 2.06. The van der Waals surface area contributed by atoms with Crippen molar-refractivity contribution in [3.05, 3.63) is 11.6 Å². The predicted octanol–water partition coefficient (Wildman–Crippen LogP) is 2.92. The molecule has 0 saturated carbocycles. The Kier molecular flexibility index (Phi) is 8.01. The Labute approximate surface area is 93.1 Å². The average Bonchev–Trinajstić information content (AvgIpc) is 2.16. The third-order valence-electron chi connectivity index (χ3n) is 2.10. The molecule has 0 unspecified atom stereocenters. The minimum absolute atomic E-state index is 0.254. The van der Waals surface area contributed by atoms with E-state index in [1.165, 1.54) is 24.3 Å². The second-order valence-corrected chi connectivity index (χ2v) is 3.93. The first-order chi connectivity index (χ1) is 7.07. The summed E-state index contributed by atoms with van der Waals surface area (Å²) in [6.45, 7) is 3.99. The summed E-state index contributed by atoms with van der Waals surface area (Å²) in [5.74, 6) is -0.254. The first-order valence-corrected chi connectivity index (χ1v) is 5.64. The molecular formula is C12H23NO2. The summed E-state index contributed by atoms with van der Waals surface area (Å²) in [7, 11) is 3.40. The zero-order valence-corrected chi connectivity index (χ0v) is 10.4. The number of hydrogen-bond donors (Lipinski definition) is 0. The van der Waals surface area contributed by atoms with Crippen LogP contribution in [0.2, 0.25) is 0 Å². The number of nitrogens with zero attached hydrogens (tertiary/aromatic N) is 1. The summed E-state index contributed by atoms with van der Waals surface area (Å²) in [6.07, 6.45) is 7.83. The SMILES string of the molecule is CCCCCCC=C(C)C(=O)ON(C)C. The van der Waals surface area contributed by atoms with Crippen molar-refractivity contribution in [1.29, 1.82) is 0 Å². The molecule has 15 heavy (non-hydrogen) atoms. The first kappa shape index (κ1) is 14.2. The van der Waals surface area contributed by atoms with Crippen LogP contribution in [0.15, 0.2) is 11.6 Å². The van der Waals surface area contributed by atoms with E-state index in [1.807, 2.05) is 6.08 Å². The van der Waals surface area contributed by atoms with Gasteiger partial charge in [-0.2, -0.15) is 0 Å². The lowest BCUT2D eigenvalue weighted by atomic mass is 10.1. The Hall–Kier alpha value is -0.830. The molecule has 0 fully saturated rings. The minimum Gasteiger partial charge on any atom is -0.365 e. The van der Waals surface area contributed by atoms with E-state index >= 15 is 0 Å². The molecule has 3 nitrogen and oxygen atoms in total. The Balaban J connectivity index is 3.72. The highest BCUT2D eigenvalue weighted by molar-refractivity contribution is 5.87. The van der Waals surface area contributed by atoms with Crippen LogP contribution < -0.4 is 0 Å². The Bertz CT molecular complexity index is 210. The lowest BCUT2D eigenvalue weighted by molar-refractivity contribution is -0.172. The molecule has 88 valence electrons. The highest BCUT2D eigenvalue weighted by Gasteiger charge is 2.06. The summed E-state index contributed by atoms with van der Waals surface area (Å²) in [6, 6.07) is 0. The number of allylic oxidation sites excluding steroid dienone is 1. The van der Waals surface area contributed by atoms with E-state index in [9.17, 15) is 4.79 Å². The van der Waals surface area contributed by atoms with Crippen LogP contribution in [0.3, 0.4) is 0 Å². The van der Waals surface area contributed by atoms with Gasteiger partial charge in [-0.25, -0.2) is 4.79 Å². The normalized spacial score (nSPS) is 11.9. The molecule has 3 heteroatoms. The van der Waals surface area contributed by atoms with Crippen LogP contribution in [-0.4, -0.2) is 25.1 Å². The topological polar surface area (TPSA) is 29.5 Å². The lowest BCUT2D eigenvalue weighted by Gasteiger charge is -2.09. The monoisotopic (exact) mass is 213 g/mol. The number of hydrogen-bond acceptors (Lipinski definition) is 3. The van der Waals surface area contributed by atoms with Crippen LogP contribution in [0.5, 0.6) is 0 Å². The van der Waals surface area contributed by atoms with Gasteiger partial charge >= 0.3 is 5.97 Å². The van der Waals surface area contributed by atoms with Crippen molar-refractivity contribution in [3.8, 4) is 0 Å². The first-order valence-electron chi connectivity index (χ1n) is 5.64. The molecule has 0 bridgehead atoms. The fourth-order valence-electron chi connectivity index (χ4n) is 1.21. The van der Waals surface area contributed by atoms with Crippen LogP contribution in [0.1, 0.15) is 46.0 Å². The zero-order chi connectivity index (χ0) is 11.7. The van der Waals surface area contributed by atoms with Crippen LogP contribution in [0.25, 0.3) is 0 Å². The Morgan fingerprint density at radius 3 is 2.47 bits per heavy atom. The standard InChI is InChI=1S/C12H23NO2/c1-5-6-7-8-9-10-11(2)12(14)15-13(3)4/h10H,5-9H2,1-4H3. The Morgan fingerprint density at radius 2 is 1.93 bits per heavy atom. The number of carbonyl (C=O) groups excluding carboxylic acids is 1. The van der Waals surface area contributed by atoms with Gasteiger partial charge in [-0.1, -0.05) is 32.3 Å². The van der Waals surface area contributed by atoms with Crippen LogP contribution in [0, 0.1) is 0 Å². The molecule has 0 saturated heterocycles. The van der Waals surface area contributed by atoms with E-state index in [4.69, 9.17) is 4.84 Å². The third kappa shape index (κ3) is 8.18. The maximum Gasteiger partial charge on any atom is 0.352 e. The second kappa shape index (κ2) is 8.48. The fourth-order valence-corrected chi connectivity index (χ4v) is 1.21. The van der Waals surface area contributed by atoms with Crippen LogP contribution in [-0.2, 0) is 9.63 Å². The van der Waals surface area contributed by atoms with Crippen molar-refractivity contribution in [2.45, 2.75) is 46.0 Å². The smallest absolute Gasteiger partial charge is 0.352 e. The van der Waals surface area contributed by atoms with Crippen molar-refractivity contribution < 1.29 is 9.63 Å². The molecule has 0 aromatic rings. The minimum atomic E-state index is -0.254. The van der Waals surface area contributed by atoms with Gasteiger partial charge in [0.2, 0.25) is 0 Å². The van der Waals surface area contributed by atoms with Gasteiger partial charge in [0.05, 0.1) is 0 Å². The molecule has 0 aliphatic heterocycles. The predicted molar refractivity (Wildman–Crippen MR) is 62.3 cm³/mol. The third-order valence-corrected chi connectivity index (χ3v) is 2.10. The van der Waals surface area contributed by atoms with Gasteiger partial charge in [0.1, 0.15) is 0 Å². The van der Waals surface area contributed by atoms with Gasteiger partial charge in [-0.15, -0.1) is 5.06 Å². The molecule has 0 radical (unpaired) electrons. The molecule has 0 atom stereocenters. The molecule has 0 aliphatic rings. The summed E-state index contributed by atoms with van der Waals surface area (Å²) in [5, 5.41) is 1.41. The van der Waals surface area contributed by atoms with Gasteiger partial charge in [-0.05, 0) is 19.8 Å². The van der Waals surface area contributed by atoms with E-state index in [-0.39, 0.29) is 5.97 Å². The van der Waals surface area contributed by atoms with E-state index in [2.05, 4.69) is 6.92 Å². The maximum absolute atomic E-state index is 11.3. The average molecular weight is 213 g/mol. The van der Waals surface area contributed by atoms with Gasteiger partial charge in [0.15, 0.2) is 0 Å². The van der Waals surface area contributed by atoms with E-state index in [0.29, 0.717) is 5.57 Å². The summed E-state index contributed by atoms with van der Waals surface area (Å²) in [4.78, 5) is 16.3. The fraction of sp³-hybridized carbons (Fsp3) is 0.750. The van der Waals surface area contributed by atoms with Crippen LogP contribution >= 0.6 is 0 Å². The molecule has 0 aliphatic carbocycles. The number of hydroxylamine groups is 2. The molecule has 0 heterocycles. The van der Waals surface area contributed by atoms with E-state index in [1.54, 1.807) is 21.0 Å². The zero-order valence-electron chi connectivity index (χ0n) is 10.4. The van der Waals surface area contributed by atoms with Gasteiger partial charge in [-0.3, -0.25) is 0 Å². The molecule has 0 aromatic heterocycles. The van der Waals surface area contributed by atoms with Crippen molar-refractivity contribution in [2.75, 3.05) is 14.1 Å². The largest absolute Gasteiger partial charge is 0.365 e. The van der Waals surface area contributed by atoms with Gasteiger partial charge in [0.25, 0.3) is 0 Å². The molecule has 0 rings (SSSR count). The molecular weight excluding hydrogens is 190 g/mol. The van der Waals surface area contributed by atoms with E-state index in [0.717, 1.165) is 12.8 Å². The summed E-state index contributed by atoms with van der Waals surface area (Å²) < 4.78 is 0. The molecule has 0 amide bonds. The van der Waals surface area contributed by atoms with Gasteiger partial charge < -0.3 is 4.84 Å².